The Labute approximate surface area is 111 Å². The summed E-state index contributed by atoms with van der Waals surface area (Å²) >= 11 is 0. The molecule has 0 amide bonds. The van der Waals surface area contributed by atoms with Crippen molar-refractivity contribution in [2.45, 2.75) is 24.5 Å². The van der Waals surface area contributed by atoms with E-state index < -0.39 is 36.7 Å². The lowest BCUT2D eigenvalue weighted by molar-refractivity contribution is -0.0509. The summed E-state index contributed by atoms with van der Waals surface area (Å²) in [5.41, 5.74) is 5.04. The predicted octanol–water partition coefficient (Wildman–Crippen LogP) is -2.69. The number of aliphatic hydroxyl groups excluding tert-OH is 3. The van der Waals surface area contributed by atoms with Crippen LogP contribution >= 0.6 is 0 Å². The zero-order valence-corrected chi connectivity index (χ0v) is 10.2. The van der Waals surface area contributed by atoms with E-state index in [9.17, 15) is 15.0 Å². The van der Waals surface area contributed by atoms with Gasteiger partial charge in [-0.15, -0.1) is 0 Å². The lowest BCUT2D eigenvalue weighted by Crippen LogP contribution is -2.33. The number of aromatic nitrogens is 4. The van der Waals surface area contributed by atoms with Crippen LogP contribution in [0.3, 0.4) is 0 Å². The molecule has 10 heteroatoms. The highest BCUT2D eigenvalue weighted by atomic mass is 16.6. The van der Waals surface area contributed by atoms with Gasteiger partial charge in [-0.25, -0.2) is 4.98 Å². The molecule has 0 radical (unpaired) electrons. The summed E-state index contributed by atoms with van der Waals surface area (Å²) in [7, 11) is 0. The number of hydrogen-bond acceptors (Lipinski definition) is 8. The Balaban J connectivity index is 2.10. The van der Waals surface area contributed by atoms with Crippen molar-refractivity contribution in [1.29, 1.82) is 0 Å². The van der Waals surface area contributed by atoms with Crippen LogP contribution in [0.2, 0.25) is 0 Å². The maximum absolute atomic E-state index is 11.9. The number of hydrogen-bond donors (Lipinski definition) is 5. The van der Waals surface area contributed by atoms with Gasteiger partial charge in [0.15, 0.2) is 17.4 Å². The molecule has 20 heavy (non-hydrogen) atoms. The first-order chi connectivity index (χ1) is 9.52. The predicted molar refractivity (Wildman–Crippen MR) is 65.6 cm³/mol. The maximum Gasteiger partial charge on any atom is 0.278 e. The Morgan fingerprint density at radius 3 is 2.85 bits per heavy atom. The molecule has 6 N–H and O–H groups in total. The molecule has 0 spiro atoms. The average Bonchev–Trinajstić information content (AvgIpc) is 2.93. The number of rotatable bonds is 2. The summed E-state index contributed by atoms with van der Waals surface area (Å²) in [5, 5.41) is 28.7. The number of imidazole rings is 1. The van der Waals surface area contributed by atoms with Gasteiger partial charge in [-0.1, -0.05) is 0 Å². The molecule has 3 heterocycles. The fraction of sp³-hybridized carbons (Fsp3) is 0.500. The molecule has 0 saturated carbocycles. The van der Waals surface area contributed by atoms with Gasteiger partial charge >= 0.3 is 0 Å². The fourth-order valence-electron chi connectivity index (χ4n) is 2.27. The minimum absolute atomic E-state index is 0.0639. The molecule has 2 aromatic rings. The molecule has 2 aromatic heterocycles. The third-order valence-electron chi connectivity index (χ3n) is 3.25. The van der Waals surface area contributed by atoms with Gasteiger partial charge in [0.05, 0.1) is 6.61 Å². The highest BCUT2D eigenvalue weighted by Gasteiger charge is 2.44. The van der Waals surface area contributed by atoms with Crippen LogP contribution in [0, 0.1) is 0 Å². The highest BCUT2D eigenvalue weighted by Crippen LogP contribution is 2.30. The number of nitrogen functional groups attached to an aromatic ring is 1. The highest BCUT2D eigenvalue weighted by molar-refractivity contribution is 5.70. The van der Waals surface area contributed by atoms with E-state index in [0.717, 1.165) is 0 Å². The summed E-state index contributed by atoms with van der Waals surface area (Å²) in [6, 6.07) is 0. The van der Waals surface area contributed by atoms with Crippen LogP contribution in [0.5, 0.6) is 0 Å². The van der Waals surface area contributed by atoms with Gasteiger partial charge in [0, 0.05) is 0 Å². The van der Waals surface area contributed by atoms with Crippen molar-refractivity contribution in [3.63, 3.8) is 0 Å². The standard InChI is InChI=1S/C10H13N5O5/c11-10-13-7-4(8(19)14-10)15(2-12-7)9-6(18)5(17)3(1-16)20-9/h2-3,5-6,9,16-18H,1H2,(H3,11,13,14,19)/t3-,5+,6+,9-/m0/s1. The Morgan fingerprint density at radius 1 is 1.45 bits per heavy atom. The van der Waals surface area contributed by atoms with Crippen molar-refractivity contribution in [1.82, 2.24) is 19.5 Å². The first kappa shape index (κ1) is 13.0. The van der Waals surface area contributed by atoms with Crippen LogP contribution in [0.4, 0.5) is 5.95 Å². The molecule has 1 saturated heterocycles. The number of aromatic amines is 1. The molecule has 0 bridgehead atoms. The Kier molecular flexibility index (Phi) is 2.94. The van der Waals surface area contributed by atoms with Crippen molar-refractivity contribution in [3.05, 3.63) is 16.7 Å². The quantitative estimate of drug-likeness (QED) is 0.398. The first-order valence-electron chi connectivity index (χ1n) is 5.87. The monoisotopic (exact) mass is 283 g/mol. The van der Waals surface area contributed by atoms with E-state index in [2.05, 4.69) is 15.0 Å². The Morgan fingerprint density at radius 2 is 2.20 bits per heavy atom. The van der Waals surface area contributed by atoms with Crippen molar-refractivity contribution in [2.75, 3.05) is 12.3 Å². The minimum atomic E-state index is -1.30. The molecule has 1 aliphatic rings. The summed E-state index contributed by atoms with van der Waals surface area (Å²) < 4.78 is 6.59. The van der Waals surface area contributed by atoms with Crippen LogP contribution < -0.4 is 11.3 Å². The lowest BCUT2D eigenvalue weighted by atomic mass is 10.1. The Bertz CT molecular complexity index is 697. The molecule has 1 fully saturated rings. The number of fused-ring (bicyclic) bond motifs is 1. The van der Waals surface area contributed by atoms with Gasteiger partial charge in [-0.05, 0) is 0 Å². The van der Waals surface area contributed by atoms with Gasteiger partial charge < -0.3 is 25.8 Å². The van der Waals surface area contributed by atoms with E-state index >= 15 is 0 Å². The van der Waals surface area contributed by atoms with E-state index in [1.165, 1.54) is 10.9 Å². The van der Waals surface area contributed by atoms with E-state index in [1.807, 2.05) is 0 Å². The second kappa shape index (κ2) is 4.52. The lowest BCUT2D eigenvalue weighted by Gasteiger charge is -2.16. The van der Waals surface area contributed by atoms with Gasteiger partial charge in [-0.3, -0.25) is 14.3 Å². The third kappa shape index (κ3) is 1.78. The maximum atomic E-state index is 11.9. The van der Waals surface area contributed by atoms with E-state index in [-0.39, 0.29) is 17.1 Å². The average molecular weight is 283 g/mol. The summed E-state index contributed by atoms with van der Waals surface area (Å²) in [4.78, 5) is 22.0. The zero-order valence-electron chi connectivity index (χ0n) is 10.2. The largest absolute Gasteiger partial charge is 0.394 e. The first-order valence-corrected chi connectivity index (χ1v) is 5.87. The van der Waals surface area contributed by atoms with Crippen LogP contribution in [0.1, 0.15) is 6.23 Å². The SMILES string of the molecule is Nc1nc2ncn([C@H]3O[C@@H](CO)[C@@H](O)[C@H]3O)c2c(=O)[nH]1. The van der Waals surface area contributed by atoms with Gasteiger partial charge in [-0.2, -0.15) is 4.98 Å². The second-order valence-electron chi connectivity index (χ2n) is 4.50. The normalized spacial score (nSPS) is 30.1. The summed E-state index contributed by atoms with van der Waals surface area (Å²) in [5.74, 6) is -0.0751. The molecule has 0 aliphatic carbocycles. The zero-order chi connectivity index (χ0) is 14.4. The Hall–Kier alpha value is -2.01. The number of anilines is 1. The van der Waals surface area contributed by atoms with E-state index in [4.69, 9.17) is 15.6 Å². The van der Waals surface area contributed by atoms with Crippen LogP contribution in [-0.2, 0) is 4.74 Å². The number of ether oxygens (including phenoxy) is 1. The van der Waals surface area contributed by atoms with Crippen LogP contribution in [0.25, 0.3) is 11.2 Å². The van der Waals surface area contributed by atoms with Crippen molar-refractivity contribution >= 4 is 17.1 Å². The number of nitrogens with zero attached hydrogens (tertiary/aromatic N) is 3. The number of nitrogens with two attached hydrogens (primary N) is 1. The molecule has 0 unspecified atom stereocenters. The number of nitrogens with one attached hydrogen (secondary N) is 1. The van der Waals surface area contributed by atoms with E-state index in [0.29, 0.717) is 0 Å². The molecular formula is C10H13N5O5. The van der Waals surface area contributed by atoms with Crippen LogP contribution in [0.15, 0.2) is 11.1 Å². The number of H-pyrrole nitrogens is 1. The molecule has 10 nitrogen and oxygen atoms in total. The molecular weight excluding hydrogens is 270 g/mol. The van der Waals surface area contributed by atoms with Crippen molar-refractivity contribution < 1.29 is 20.1 Å². The van der Waals surface area contributed by atoms with Gasteiger partial charge in [0.2, 0.25) is 5.95 Å². The smallest absolute Gasteiger partial charge is 0.278 e. The second-order valence-corrected chi connectivity index (χ2v) is 4.50. The topological polar surface area (TPSA) is 160 Å². The number of aliphatic hydroxyl groups is 3. The van der Waals surface area contributed by atoms with E-state index in [1.54, 1.807) is 0 Å². The fourth-order valence-corrected chi connectivity index (χ4v) is 2.27. The van der Waals surface area contributed by atoms with Crippen molar-refractivity contribution in [2.24, 2.45) is 0 Å². The van der Waals surface area contributed by atoms with Crippen LogP contribution in [-0.4, -0.2) is 59.8 Å². The molecule has 4 atom stereocenters. The van der Waals surface area contributed by atoms with Crippen molar-refractivity contribution in [3.8, 4) is 0 Å². The molecule has 108 valence electrons. The third-order valence-corrected chi connectivity index (χ3v) is 3.25. The molecule has 0 aromatic carbocycles. The molecule has 1 aliphatic heterocycles. The van der Waals surface area contributed by atoms with Gasteiger partial charge in [0.1, 0.15) is 24.6 Å². The summed E-state index contributed by atoms with van der Waals surface area (Å²) in [6.45, 7) is -0.455. The summed E-state index contributed by atoms with van der Waals surface area (Å²) in [6.07, 6.45) is -3.29. The molecule has 3 rings (SSSR count). The minimum Gasteiger partial charge on any atom is -0.394 e. The van der Waals surface area contributed by atoms with Gasteiger partial charge in [0.25, 0.3) is 5.56 Å².